The lowest BCUT2D eigenvalue weighted by Crippen LogP contribution is -2.30. The Hall–Kier alpha value is -0.650. The number of nitrogens with zero attached hydrogens (tertiary/aromatic N) is 4. The molecular weight excluding hydrogens is 274 g/mol. The number of nitrogens with two attached hydrogens (primary N) is 1. The SMILES string of the molecule is CC(C)(C)n1cc(CN2CC3CCC(N)C3C2)nn1.Cl. The smallest absolute Gasteiger partial charge is 0.0967 e. The summed E-state index contributed by atoms with van der Waals surface area (Å²) < 4.78 is 1.95. The maximum Gasteiger partial charge on any atom is 0.0967 e. The third-order valence-electron chi connectivity index (χ3n) is 4.60. The van der Waals surface area contributed by atoms with E-state index in [0.717, 1.165) is 24.7 Å². The third-order valence-corrected chi connectivity index (χ3v) is 4.60. The summed E-state index contributed by atoms with van der Waals surface area (Å²) in [6.07, 6.45) is 4.59. The molecule has 3 rings (SSSR count). The molecule has 1 aliphatic heterocycles. The van der Waals surface area contributed by atoms with Gasteiger partial charge in [-0.25, -0.2) is 4.68 Å². The highest BCUT2D eigenvalue weighted by Gasteiger charge is 2.40. The predicted octanol–water partition coefficient (Wildman–Crippen LogP) is 1.62. The molecule has 3 atom stereocenters. The minimum absolute atomic E-state index is 0. The van der Waals surface area contributed by atoms with Crippen molar-refractivity contribution in [2.75, 3.05) is 13.1 Å². The molecule has 2 N–H and O–H groups in total. The zero-order valence-electron chi connectivity index (χ0n) is 12.6. The van der Waals surface area contributed by atoms with Crippen LogP contribution < -0.4 is 5.73 Å². The molecule has 1 aromatic rings. The predicted molar refractivity (Wildman–Crippen MR) is 81.7 cm³/mol. The second kappa shape index (κ2) is 5.62. The number of hydrogen-bond donors (Lipinski definition) is 1. The first kappa shape index (κ1) is 15.7. The number of fused-ring (bicyclic) bond motifs is 1. The maximum atomic E-state index is 6.18. The Morgan fingerprint density at radius 2 is 2.05 bits per heavy atom. The first-order valence-corrected chi connectivity index (χ1v) is 7.33. The van der Waals surface area contributed by atoms with Crippen molar-refractivity contribution in [3.05, 3.63) is 11.9 Å². The van der Waals surface area contributed by atoms with Gasteiger partial charge in [0.1, 0.15) is 0 Å². The Labute approximate surface area is 127 Å². The second-order valence-electron chi connectivity index (χ2n) is 7.18. The van der Waals surface area contributed by atoms with Gasteiger partial charge in [0, 0.05) is 25.7 Å². The molecule has 0 spiro atoms. The van der Waals surface area contributed by atoms with Gasteiger partial charge in [-0.3, -0.25) is 4.90 Å². The van der Waals surface area contributed by atoms with Crippen LogP contribution in [0, 0.1) is 11.8 Å². The fourth-order valence-electron chi connectivity index (χ4n) is 3.46. The van der Waals surface area contributed by atoms with Gasteiger partial charge >= 0.3 is 0 Å². The van der Waals surface area contributed by atoms with E-state index in [2.05, 4.69) is 42.2 Å². The quantitative estimate of drug-likeness (QED) is 0.901. The second-order valence-corrected chi connectivity index (χ2v) is 7.18. The van der Waals surface area contributed by atoms with E-state index in [1.807, 2.05) is 4.68 Å². The highest BCUT2D eigenvalue weighted by Crippen LogP contribution is 2.37. The molecule has 0 radical (unpaired) electrons. The van der Waals surface area contributed by atoms with Crippen molar-refractivity contribution in [3.8, 4) is 0 Å². The lowest BCUT2D eigenvalue weighted by Gasteiger charge is -2.18. The van der Waals surface area contributed by atoms with Crippen LogP contribution in [0.15, 0.2) is 6.20 Å². The average Bonchev–Trinajstić information content (AvgIpc) is 2.97. The van der Waals surface area contributed by atoms with Crippen molar-refractivity contribution in [2.45, 2.75) is 51.7 Å². The van der Waals surface area contributed by atoms with Gasteiger partial charge in [0.2, 0.25) is 0 Å². The summed E-state index contributed by atoms with van der Waals surface area (Å²) in [7, 11) is 0. The first-order chi connectivity index (χ1) is 8.93. The summed E-state index contributed by atoms with van der Waals surface area (Å²) in [6.45, 7) is 9.66. The molecule has 3 unspecified atom stereocenters. The van der Waals surface area contributed by atoms with Gasteiger partial charge in [-0.1, -0.05) is 5.21 Å². The molecule has 2 aliphatic rings. The minimum Gasteiger partial charge on any atom is -0.327 e. The molecular formula is C14H26ClN5. The van der Waals surface area contributed by atoms with E-state index in [9.17, 15) is 0 Å². The summed E-state index contributed by atoms with van der Waals surface area (Å²) in [5.74, 6) is 1.52. The Morgan fingerprint density at radius 3 is 2.65 bits per heavy atom. The van der Waals surface area contributed by atoms with Crippen molar-refractivity contribution >= 4 is 12.4 Å². The lowest BCUT2D eigenvalue weighted by molar-refractivity contribution is 0.294. The van der Waals surface area contributed by atoms with E-state index < -0.39 is 0 Å². The fourth-order valence-corrected chi connectivity index (χ4v) is 3.46. The Kier molecular flexibility index (Phi) is 4.42. The first-order valence-electron chi connectivity index (χ1n) is 7.33. The zero-order valence-corrected chi connectivity index (χ0v) is 13.4. The number of rotatable bonds is 2. The van der Waals surface area contributed by atoms with Crippen LogP contribution in [-0.2, 0) is 12.1 Å². The van der Waals surface area contributed by atoms with Crippen LogP contribution in [0.2, 0.25) is 0 Å². The Morgan fingerprint density at radius 1 is 1.30 bits per heavy atom. The van der Waals surface area contributed by atoms with Crippen molar-refractivity contribution < 1.29 is 0 Å². The number of hydrogen-bond acceptors (Lipinski definition) is 4. The molecule has 114 valence electrons. The summed E-state index contributed by atoms with van der Waals surface area (Å²) >= 11 is 0. The van der Waals surface area contributed by atoms with Gasteiger partial charge in [0.25, 0.3) is 0 Å². The lowest BCUT2D eigenvalue weighted by atomic mass is 9.98. The van der Waals surface area contributed by atoms with Crippen LogP contribution in [0.5, 0.6) is 0 Å². The van der Waals surface area contributed by atoms with Gasteiger partial charge in [-0.05, 0) is 45.4 Å². The van der Waals surface area contributed by atoms with Gasteiger partial charge in [0.15, 0.2) is 0 Å². The summed E-state index contributed by atoms with van der Waals surface area (Å²) in [5.41, 5.74) is 7.26. The molecule has 0 amide bonds. The number of aromatic nitrogens is 3. The van der Waals surface area contributed by atoms with Crippen molar-refractivity contribution in [1.29, 1.82) is 0 Å². The number of halogens is 1. The fraction of sp³-hybridized carbons (Fsp3) is 0.857. The molecule has 1 aliphatic carbocycles. The standard InChI is InChI=1S/C14H25N5.ClH/c1-14(2,3)19-8-11(16-17-19)7-18-6-10-4-5-13(15)12(10)9-18;/h8,10,12-13H,4-7,9,15H2,1-3H3;1H. The van der Waals surface area contributed by atoms with E-state index in [1.54, 1.807) is 0 Å². The van der Waals surface area contributed by atoms with E-state index >= 15 is 0 Å². The maximum absolute atomic E-state index is 6.18. The molecule has 2 fully saturated rings. The van der Waals surface area contributed by atoms with Gasteiger partial charge in [0.05, 0.1) is 17.4 Å². The zero-order chi connectivity index (χ0) is 13.6. The van der Waals surface area contributed by atoms with Gasteiger partial charge in [-0.15, -0.1) is 17.5 Å². The Bertz CT molecular complexity index is 453. The van der Waals surface area contributed by atoms with Crippen molar-refractivity contribution in [2.24, 2.45) is 17.6 Å². The minimum atomic E-state index is 0. The molecule has 2 heterocycles. The van der Waals surface area contributed by atoms with Crippen LogP contribution in [-0.4, -0.2) is 39.0 Å². The summed E-state index contributed by atoms with van der Waals surface area (Å²) in [6, 6.07) is 0.417. The molecule has 1 saturated carbocycles. The average molecular weight is 300 g/mol. The van der Waals surface area contributed by atoms with Gasteiger partial charge < -0.3 is 5.73 Å². The van der Waals surface area contributed by atoms with Crippen molar-refractivity contribution in [3.63, 3.8) is 0 Å². The third kappa shape index (κ3) is 3.00. The van der Waals surface area contributed by atoms with E-state index in [0.29, 0.717) is 12.0 Å². The molecule has 5 nitrogen and oxygen atoms in total. The topological polar surface area (TPSA) is 60.0 Å². The van der Waals surface area contributed by atoms with Crippen LogP contribution in [0.4, 0.5) is 0 Å². The molecule has 1 saturated heterocycles. The molecule has 1 aromatic heterocycles. The molecule has 20 heavy (non-hydrogen) atoms. The number of likely N-dealkylation sites (tertiary alicyclic amines) is 1. The Balaban J connectivity index is 0.00000147. The van der Waals surface area contributed by atoms with Crippen LogP contribution in [0.1, 0.15) is 39.3 Å². The largest absolute Gasteiger partial charge is 0.327 e. The molecule has 0 aromatic carbocycles. The highest BCUT2D eigenvalue weighted by atomic mass is 35.5. The van der Waals surface area contributed by atoms with Crippen LogP contribution >= 0.6 is 12.4 Å². The summed E-state index contributed by atoms with van der Waals surface area (Å²) in [4.78, 5) is 2.49. The van der Waals surface area contributed by atoms with Crippen LogP contribution in [0.25, 0.3) is 0 Å². The normalized spacial score (nSPS) is 30.3. The molecule has 6 heteroatoms. The van der Waals surface area contributed by atoms with Crippen molar-refractivity contribution in [1.82, 2.24) is 19.9 Å². The highest BCUT2D eigenvalue weighted by molar-refractivity contribution is 5.85. The van der Waals surface area contributed by atoms with E-state index in [-0.39, 0.29) is 17.9 Å². The monoisotopic (exact) mass is 299 g/mol. The van der Waals surface area contributed by atoms with E-state index in [1.165, 1.54) is 19.4 Å². The van der Waals surface area contributed by atoms with Crippen LogP contribution in [0.3, 0.4) is 0 Å². The molecule has 0 bridgehead atoms. The van der Waals surface area contributed by atoms with E-state index in [4.69, 9.17) is 5.73 Å². The van der Waals surface area contributed by atoms with Gasteiger partial charge in [-0.2, -0.15) is 0 Å². The summed E-state index contributed by atoms with van der Waals surface area (Å²) in [5, 5.41) is 8.53.